The highest BCUT2D eigenvalue weighted by atomic mass is 19.1. The first-order chi connectivity index (χ1) is 12.4. The number of rotatable bonds is 10. The number of fused-ring (bicyclic) bond motifs is 1. The highest BCUT2D eigenvalue weighted by molar-refractivity contribution is 5.66. The van der Waals surface area contributed by atoms with E-state index in [1.165, 1.54) is 11.6 Å². The molecule has 2 aliphatic rings. The Bertz CT molecular complexity index is 516. The van der Waals surface area contributed by atoms with E-state index >= 15 is 0 Å². The number of carbonyl (C=O) groups is 1. The van der Waals surface area contributed by atoms with Crippen molar-refractivity contribution in [2.24, 2.45) is 17.8 Å². The lowest BCUT2D eigenvalue weighted by molar-refractivity contribution is -0.137. The molecule has 2 fully saturated rings. The minimum absolute atomic E-state index is 0.0297. The van der Waals surface area contributed by atoms with Crippen LogP contribution in [0.3, 0.4) is 0 Å². The summed E-state index contributed by atoms with van der Waals surface area (Å²) in [5.41, 5.74) is 1.35. The van der Waals surface area contributed by atoms with Crippen LogP contribution in [0.4, 0.5) is 4.39 Å². The Balaban J connectivity index is 1.87. The molecule has 0 heterocycles. The molecule has 2 aliphatic carbocycles. The lowest BCUT2D eigenvalue weighted by Crippen LogP contribution is -2.21. The molecule has 26 heavy (non-hydrogen) atoms. The zero-order chi connectivity index (χ0) is 19.1. The maximum absolute atomic E-state index is 13.9. The van der Waals surface area contributed by atoms with Gasteiger partial charge in [-0.2, -0.15) is 0 Å². The minimum Gasteiger partial charge on any atom is -0.481 e. The van der Waals surface area contributed by atoms with Gasteiger partial charge in [-0.1, -0.05) is 43.6 Å². The van der Waals surface area contributed by atoms with Gasteiger partial charge in [0, 0.05) is 12.3 Å². The average molecular weight is 368 g/mol. The van der Waals surface area contributed by atoms with Gasteiger partial charge < -0.3 is 15.3 Å². The Morgan fingerprint density at radius 3 is 2.81 bits per heavy atom. The molecule has 0 aliphatic heterocycles. The van der Waals surface area contributed by atoms with Crippen LogP contribution in [0.2, 0.25) is 0 Å². The molecular formula is C21H33FO4. The lowest BCUT2D eigenvalue weighted by atomic mass is 9.90. The Hall–Kier alpha value is -1.20. The SMILES string of the molecule is CCCCC(F)C(O)/C=C/[C@@H]1[C@H]2C/C(=C/CCCC(=O)O)C[C@H]2C[C@H]1O. The Labute approximate surface area is 155 Å². The van der Waals surface area contributed by atoms with Gasteiger partial charge >= 0.3 is 5.97 Å². The molecule has 2 unspecified atom stereocenters. The predicted octanol–water partition coefficient (Wildman–Crippen LogP) is 4.02. The van der Waals surface area contributed by atoms with Gasteiger partial charge in [-0.15, -0.1) is 0 Å². The summed E-state index contributed by atoms with van der Waals surface area (Å²) < 4.78 is 13.9. The molecule has 4 nitrogen and oxygen atoms in total. The van der Waals surface area contributed by atoms with Gasteiger partial charge in [0.1, 0.15) is 12.3 Å². The summed E-state index contributed by atoms with van der Waals surface area (Å²) in [5.74, 6) is -0.0155. The van der Waals surface area contributed by atoms with Crippen molar-refractivity contribution in [1.82, 2.24) is 0 Å². The molecule has 0 saturated heterocycles. The monoisotopic (exact) mass is 368 g/mol. The number of hydrogen-bond acceptors (Lipinski definition) is 3. The molecule has 0 spiro atoms. The van der Waals surface area contributed by atoms with Crippen LogP contribution in [0.1, 0.15) is 64.7 Å². The van der Waals surface area contributed by atoms with Crippen molar-refractivity contribution in [3.8, 4) is 0 Å². The van der Waals surface area contributed by atoms with Crippen LogP contribution in [-0.2, 0) is 4.79 Å². The third-order valence-corrected chi connectivity index (χ3v) is 5.87. The summed E-state index contributed by atoms with van der Waals surface area (Å²) in [4.78, 5) is 10.6. The number of unbranched alkanes of at least 4 members (excludes halogenated alkanes) is 2. The Morgan fingerprint density at radius 1 is 1.35 bits per heavy atom. The van der Waals surface area contributed by atoms with Crippen LogP contribution in [0.15, 0.2) is 23.8 Å². The van der Waals surface area contributed by atoms with E-state index in [4.69, 9.17) is 5.11 Å². The van der Waals surface area contributed by atoms with Crippen molar-refractivity contribution >= 4 is 5.97 Å². The lowest BCUT2D eigenvalue weighted by Gasteiger charge is -2.18. The van der Waals surface area contributed by atoms with E-state index < -0.39 is 24.3 Å². The van der Waals surface area contributed by atoms with Crippen LogP contribution in [-0.4, -0.2) is 39.7 Å². The van der Waals surface area contributed by atoms with Gasteiger partial charge in [0.2, 0.25) is 0 Å². The van der Waals surface area contributed by atoms with E-state index in [1.807, 2.05) is 13.0 Å². The van der Waals surface area contributed by atoms with Crippen LogP contribution in [0, 0.1) is 17.8 Å². The van der Waals surface area contributed by atoms with Crippen LogP contribution in [0.25, 0.3) is 0 Å². The smallest absolute Gasteiger partial charge is 0.303 e. The van der Waals surface area contributed by atoms with Gasteiger partial charge in [0.15, 0.2) is 0 Å². The summed E-state index contributed by atoms with van der Waals surface area (Å²) in [7, 11) is 0. The van der Waals surface area contributed by atoms with E-state index in [1.54, 1.807) is 0 Å². The fraction of sp³-hybridized carbons (Fsp3) is 0.762. The van der Waals surface area contributed by atoms with Crippen molar-refractivity contribution in [2.75, 3.05) is 0 Å². The maximum Gasteiger partial charge on any atom is 0.303 e. The fourth-order valence-corrected chi connectivity index (χ4v) is 4.43. The third kappa shape index (κ3) is 5.92. The van der Waals surface area contributed by atoms with E-state index in [2.05, 4.69) is 6.08 Å². The first-order valence-electron chi connectivity index (χ1n) is 10.0. The van der Waals surface area contributed by atoms with E-state index in [9.17, 15) is 19.4 Å². The number of aliphatic hydroxyl groups excluding tert-OH is 2. The highest BCUT2D eigenvalue weighted by Crippen LogP contribution is 2.50. The largest absolute Gasteiger partial charge is 0.481 e. The van der Waals surface area contributed by atoms with Crippen LogP contribution in [0.5, 0.6) is 0 Å². The van der Waals surface area contributed by atoms with E-state index in [-0.39, 0.29) is 12.3 Å². The summed E-state index contributed by atoms with van der Waals surface area (Å²) in [6, 6.07) is 0. The number of alkyl halides is 1. The second-order valence-electron chi connectivity index (χ2n) is 7.89. The van der Waals surface area contributed by atoms with Gasteiger partial charge in [-0.25, -0.2) is 4.39 Å². The summed E-state index contributed by atoms with van der Waals surface area (Å²) in [6.45, 7) is 2.00. The van der Waals surface area contributed by atoms with Crippen molar-refractivity contribution < 1.29 is 24.5 Å². The number of carboxylic acid groups (broad SMARTS) is 1. The normalized spacial score (nSPS) is 32.2. The molecule has 5 heteroatoms. The standard InChI is InChI=1S/C21H33FO4/c1-2-3-7-18(22)19(23)10-9-16-17-12-14(6-4-5-8-21(25)26)11-15(17)13-20(16)24/h6,9-10,15-20,23-24H,2-5,7-8,11-13H2,1H3,(H,25,26)/b10-9+,14-6+/t15-,16+,17-,18?,19?,20+/m0/s1. The number of halogens is 1. The minimum atomic E-state index is -1.24. The van der Waals surface area contributed by atoms with Crippen molar-refractivity contribution in [3.63, 3.8) is 0 Å². The summed E-state index contributed by atoms with van der Waals surface area (Å²) in [5, 5.41) is 29.0. The number of carboxylic acids is 1. The van der Waals surface area contributed by atoms with Crippen molar-refractivity contribution in [2.45, 2.75) is 83.1 Å². The van der Waals surface area contributed by atoms with E-state index in [0.29, 0.717) is 24.7 Å². The molecule has 0 aromatic carbocycles. The molecule has 3 N–H and O–H groups in total. The number of aliphatic hydroxyl groups is 2. The second-order valence-corrected chi connectivity index (χ2v) is 7.89. The molecule has 6 atom stereocenters. The summed E-state index contributed by atoms with van der Waals surface area (Å²) >= 11 is 0. The molecule has 148 valence electrons. The molecular weight excluding hydrogens is 335 g/mol. The number of hydrogen-bond donors (Lipinski definition) is 3. The zero-order valence-electron chi connectivity index (χ0n) is 15.7. The fourth-order valence-electron chi connectivity index (χ4n) is 4.43. The van der Waals surface area contributed by atoms with Crippen molar-refractivity contribution in [3.05, 3.63) is 23.8 Å². The zero-order valence-corrected chi connectivity index (χ0v) is 15.7. The van der Waals surface area contributed by atoms with Crippen LogP contribution >= 0.6 is 0 Å². The molecule has 2 saturated carbocycles. The van der Waals surface area contributed by atoms with Gasteiger partial charge in [0.05, 0.1) is 6.10 Å². The highest BCUT2D eigenvalue weighted by Gasteiger charge is 2.45. The molecule has 0 aromatic rings. The number of aliphatic carboxylic acids is 1. The van der Waals surface area contributed by atoms with Crippen LogP contribution < -0.4 is 0 Å². The molecule has 0 aromatic heterocycles. The molecule has 0 bridgehead atoms. The van der Waals surface area contributed by atoms with E-state index in [0.717, 1.165) is 38.5 Å². The molecule has 0 radical (unpaired) electrons. The first kappa shape index (κ1) is 21.1. The third-order valence-electron chi connectivity index (χ3n) is 5.87. The first-order valence-corrected chi connectivity index (χ1v) is 10.0. The predicted molar refractivity (Wildman–Crippen MR) is 99.5 cm³/mol. The molecule has 2 rings (SSSR count). The Morgan fingerprint density at radius 2 is 2.12 bits per heavy atom. The second kappa shape index (κ2) is 10.2. The Kier molecular flexibility index (Phi) is 8.29. The topological polar surface area (TPSA) is 77.8 Å². The van der Waals surface area contributed by atoms with Gasteiger partial charge in [0.25, 0.3) is 0 Å². The summed E-state index contributed by atoms with van der Waals surface area (Å²) in [6.07, 6.45) is 9.04. The quantitative estimate of drug-likeness (QED) is 0.402. The van der Waals surface area contributed by atoms with Crippen molar-refractivity contribution in [1.29, 1.82) is 0 Å². The van der Waals surface area contributed by atoms with Gasteiger partial charge in [-0.05, 0) is 50.4 Å². The maximum atomic E-state index is 13.9. The average Bonchev–Trinajstić information content (AvgIpc) is 3.10. The molecule has 0 amide bonds. The van der Waals surface area contributed by atoms with Gasteiger partial charge in [-0.3, -0.25) is 4.79 Å². The number of allylic oxidation sites excluding steroid dienone is 2.